The van der Waals surface area contributed by atoms with E-state index >= 15 is 0 Å². The van der Waals surface area contributed by atoms with Gasteiger partial charge in [-0.15, -0.1) is 0 Å². The number of Topliss-reactive ketones (excluding diaryl/α,β-unsaturated/α-hetero) is 1. The van der Waals surface area contributed by atoms with E-state index in [0.29, 0.717) is 0 Å². The molecule has 0 bridgehead atoms. The normalized spacial score (nSPS) is 13.6. The van der Waals surface area contributed by atoms with Crippen LogP contribution in [0.25, 0.3) is 0 Å². The molecule has 4 heteroatoms. The summed E-state index contributed by atoms with van der Waals surface area (Å²) in [6.45, 7) is 11.2. The monoisotopic (exact) mass is 367 g/mol. The average molecular weight is 367 g/mol. The molecule has 0 radical (unpaired) electrons. The summed E-state index contributed by atoms with van der Waals surface area (Å²) in [6, 6.07) is 14.7. The molecule has 0 aliphatic carbocycles. The van der Waals surface area contributed by atoms with Crippen LogP contribution < -0.4 is 5.32 Å². The maximum absolute atomic E-state index is 13.2. The Balaban J connectivity index is 2.30. The Morgan fingerprint density at radius 3 is 1.74 bits per heavy atom. The van der Waals surface area contributed by atoms with E-state index in [4.69, 9.17) is 4.74 Å². The molecule has 0 saturated heterocycles. The zero-order valence-electron chi connectivity index (χ0n) is 17.0. The van der Waals surface area contributed by atoms with Crippen LogP contribution in [-0.2, 0) is 9.53 Å². The number of hydrogen-bond acceptors (Lipinski definition) is 3. The summed E-state index contributed by atoms with van der Waals surface area (Å²) in [7, 11) is 0. The predicted molar refractivity (Wildman–Crippen MR) is 108 cm³/mol. The lowest BCUT2D eigenvalue weighted by atomic mass is 9.88. The van der Waals surface area contributed by atoms with Gasteiger partial charge in [-0.3, -0.25) is 4.79 Å². The molecule has 0 heterocycles. The first-order chi connectivity index (χ1) is 12.6. The Bertz CT molecular complexity index is 786. The van der Waals surface area contributed by atoms with Crippen molar-refractivity contribution in [2.45, 2.75) is 59.1 Å². The smallest absolute Gasteiger partial charge is 0.408 e. The van der Waals surface area contributed by atoms with Crippen molar-refractivity contribution in [2.75, 3.05) is 0 Å². The van der Waals surface area contributed by atoms with Crippen molar-refractivity contribution in [1.29, 1.82) is 0 Å². The second-order valence-corrected chi connectivity index (χ2v) is 8.02. The van der Waals surface area contributed by atoms with Gasteiger partial charge in [0.2, 0.25) is 0 Å². The van der Waals surface area contributed by atoms with Gasteiger partial charge in [0.15, 0.2) is 5.78 Å². The molecule has 0 aliphatic rings. The molecular formula is C23H29NO3. The molecule has 0 spiro atoms. The van der Waals surface area contributed by atoms with E-state index in [-0.39, 0.29) is 11.7 Å². The lowest BCUT2D eigenvalue weighted by molar-refractivity contribution is -0.122. The molecule has 4 nitrogen and oxygen atoms in total. The van der Waals surface area contributed by atoms with Gasteiger partial charge in [0, 0.05) is 5.92 Å². The topological polar surface area (TPSA) is 55.4 Å². The van der Waals surface area contributed by atoms with E-state index in [0.717, 1.165) is 22.3 Å². The Labute approximate surface area is 161 Å². The number of ketones is 1. The number of ether oxygens (including phenoxy) is 1. The zero-order chi connectivity index (χ0) is 20.2. The van der Waals surface area contributed by atoms with Gasteiger partial charge >= 0.3 is 6.09 Å². The SMILES string of the molecule is Cc1ccc([C@@H](C)C(=O)[C@H](NC(=O)OC(C)(C)C)c2ccc(C)cc2)cc1. The summed E-state index contributed by atoms with van der Waals surface area (Å²) in [6.07, 6.45) is -0.600. The molecule has 1 N–H and O–H groups in total. The minimum Gasteiger partial charge on any atom is -0.444 e. The van der Waals surface area contributed by atoms with Gasteiger partial charge in [0.1, 0.15) is 11.6 Å². The molecule has 0 unspecified atom stereocenters. The highest BCUT2D eigenvalue weighted by molar-refractivity contribution is 5.93. The fourth-order valence-electron chi connectivity index (χ4n) is 2.77. The van der Waals surface area contributed by atoms with E-state index in [1.54, 1.807) is 20.8 Å². The van der Waals surface area contributed by atoms with E-state index in [9.17, 15) is 9.59 Å². The van der Waals surface area contributed by atoms with Gasteiger partial charge in [-0.2, -0.15) is 0 Å². The quantitative estimate of drug-likeness (QED) is 0.786. The lowest BCUT2D eigenvalue weighted by Gasteiger charge is -2.25. The standard InChI is InChI=1S/C23H29NO3/c1-15-7-11-18(12-8-15)17(3)21(25)20(19-13-9-16(2)10-14-19)24-22(26)27-23(4,5)6/h7-14,17,20H,1-6H3,(H,24,26)/t17-,20-/m1/s1. The Kier molecular flexibility index (Phi) is 6.42. The first kappa shape index (κ1) is 20.7. The third-order valence-corrected chi connectivity index (χ3v) is 4.36. The van der Waals surface area contributed by atoms with Crippen molar-refractivity contribution in [2.24, 2.45) is 0 Å². The van der Waals surface area contributed by atoms with Gasteiger partial charge in [0.25, 0.3) is 0 Å². The van der Waals surface area contributed by atoms with Crippen LogP contribution in [-0.4, -0.2) is 17.5 Å². The highest BCUT2D eigenvalue weighted by Gasteiger charge is 2.29. The van der Waals surface area contributed by atoms with Crippen molar-refractivity contribution in [1.82, 2.24) is 5.32 Å². The van der Waals surface area contributed by atoms with Crippen LogP contribution >= 0.6 is 0 Å². The molecule has 0 saturated carbocycles. The molecule has 2 aromatic carbocycles. The van der Waals surface area contributed by atoms with Gasteiger partial charge in [-0.05, 0) is 45.7 Å². The zero-order valence-corrected chi connectivity index (χ0v) is 17.0. The Hall–Kier alpha value is -2.62. The van der Waals surface area contributed by atoms with Gasteiger partial charge < -0.3 is 10.1 Å². The van der Waals surface area contributed by atoms with Crippen molar-refractivity contribution in [3.05, 3.63) is 70.8 Å². The number of alkyl carbamates (subject to hydrolysis) is 1. The van der Waals surface area contributed by atoms with Crippen LogP contribution in [0.15, 0.2) is 48.5 Å². The number of hydrogen-bond donors (Lipinski definition) is 1. The molecule has 2 aromatic rings. The third kappa shape index (κ3) is 5.95. The van der Waals surface area contributed by atoms with Crippen LogP contribution in [0, 0.1) is 13.8 Å². The molecule has 0 aromatic heterocycles. The minimum atomic E-state index is -0.767. The Morgan fingerprint density at radius 1 is 0.852 bits per heavy atom. The van der Waals surface area contributed by atoms with E-state index < -0.39 is 17.7 Å². The second kappa shape index (κ2) is 8.38. The first-order valence-electron chi connectivity index (χ1n) is 9.23. The summed E-state index contributed by atoms with van der Waals surface area (Å²) in [4.78, 5) is 25.6. The number of aryl methyl sites for hydroxylation is 2. The summed E-state index contributed by atoms with van der Waals surface area (Å²) >= 11 is 0. The summed E-state index contributed by atoms with van der Waals surface area (Å²) in [5.41, 5.74) is 3.27. The number of nitrogens with one attached hydrogen (secondary N) is 1. The van der Waals surface area contributed by atoms with Gasteiger partial charge in [0.05, 0.1) is 0 Å². The minimum absolute atomic E-state index is 0.0754. The average Bonchev–Trinajstić information content (AvgIpc) is 2.58. The van der Waals surface area contributed by atoms with Gasteiger partial charge in [-0.1, -0.05) is 66.6 Å². The van der Waals surface area contributed by atoms with Crippen molar-refractivity contribution < 1.29 is 14.3 Å². The maximum atomic E-state index is 13.2. The second-order valence-electron chi connectivity index (χ2n) is 8.02. The number of amides is 1. The molecule has 27 heavy (non-hydrogen) atoms. The molecule has 2 rings (SSSR count). The largest absolute Gasteiger partial charge is 0.444 e. The maximum Gasteiger partial charge on any atom is 0.408 e. The molecule has 1 amide bonds. The highest BCUT2D eigenvalue weighted by atomic mass is 16.6. The number of benzene rings is 2. The molecular weight excluding hydrogens is 338 g/mol. The number of rotatable bonds is 5. The molecule has 0 aliphatic heterocycles. The number of carbonyl (C=O) groups is 2. The fraction of sp³-hybridized carbons (Fsp3) is 0.391. The predicted octanol–water partition coefficient (Wildman–Crippen LogP) is 5.24. The van der Waals surface area contributed by atoms with E-state index in [1.165, 1.54) is 0 Å². The van der Waals surface area contributed by atoms with Crippen molar-refractivity contribution in [3.63, 3.8) is 0 Å². The fourth-order valence-corrected chi connectivity index (χ4v) is 2.77. The summed E-state index contributed by atoms with van der Waals surface area (Å²) in [5, 5.41) is 2.76. The van der Waals surface area contributed by atoms with Crippen molar-refractivity contribution >= 4 is 11.9 Å². The lowest BCUT2D eigenvalue weighted by Crippen LogP contribution is -2.39. The first-order valence-corrected chi connectivity index (χ1v) is 9.23. The van der Waals surface area contributed by atoms with E-state index in [2.05, 4.69) is 5.32 Å². The third-order valence-electron chi connectivity index (χ3n) is 4.36. The highest BCUT2D eigenvalue weighted by Crippen LogP contribution is 2.26. The summed E-state index contributed by atoms with van der Waals surface area (Å²) < 4.78 is 5.36. The molecule has 2 atom stereocenters. The van der Waals surface area contributed by atoms with Crippen molar-refractivity contribution in [3.8, 4) is 0 Å². The Morgan fingerprint density at radius 2 is 1.30 bits per heavy atom. The van der Waals surface area contributed by atoms with Gasteiger partial charge in [-0.25, -0.2) is 4.79 Å². The summed E-state index contributed by atoms with van der Waals surface area (Å²) in [5.74, 6) is -0.430. The van der Waals surface area contributed by atoms with Crippen LogP contribution in [0.1, 0.15) is 61.9 Å². The van der Waals surface area contributed by atoms with Crippen LogP contribution in [0.2, 0.25) is 0 Å². The number of carbonyl (C=O) groups excluding carboxylic acids is 2. The molecule has 0 fully saturated rings. The van der Waals surface area contributed by atoms with Crippen LogP contribution in [0.4, 0.5) is 4.79 Å². The van der Waals surface area contributed by atoms with Crippen LogP contribution in [0.3, 0.4) is 0 Å². The van der Waals surface area contributed by atoms with E-state index in [1.807, 2.05) is 69.3 Å². The van der Waals surface area contributed by atoms with Crippen LogP contribution in [0.5, 0.6) is 0 Å². The molecule has 144 valence electrons.